The molecule has 5 aliphatic rings. The summed E-state index contributed by atoms with van der Waals surface area (Å²) in [5.74, 6) is 2.83. The van der Waals surface area contributed by atoms with Gasteiger partial charge in [-0.05, 0) is 75.5 Å². The normalized spacial score (nSPS) is 39.4. The molecule has 4 bridgehead atoms. The number of hydrogen-bond acceptors (Lipinski definition) is 3. The highest BCUT2D eigenvalue weighted by Crippen LogP contribution is 2.55. The lowest BCUT2D eigenvalue weighted by molar-refractivity contribution is -0.148. The van der Waals surface area contributed by atoms with Crippen LogP contribution in [0.1, 0.15) is 51.9 Å². The van der Waals surface area contributed by atoms with Gasteiger partial charge in [0.25, 0.3) is 0 Å². The summed E-state index contributed by atoms with van der Waals surface area (Å²) in [5, 5.41) is 12.9. The zero-order valence-corrected chi connectivity index (χ0v) is 14.8. The lowest BCUT2D eigenvalue weighted by Gasteiger charge is -2.56. The average Bonchev–Trinajstić information content (AvgIpc) is 3.35. The van der Waals surface area contributed by atoms with E-state index in [1.54, 1.807) is 6.92 Å². The predicted molar refractivity (Wildman–Crippen MR) is 89.9 cm³/mol. The molecule has 2 atom stereocenters. The van der Waals surface area contributed by atoms with Crippen LogP contribution in [0.15, 0.2) is 0 Å². The largest absolute Gasteiger partial charge is 0.391 e. The molecule has 0 heterocycles. The predicted octanol–water partition coefficient (Wildman–Crippen LogP) is 1.55. The standard InChI is InChI=1S/C19H30N2O3/c1-10(22)16(20-18(23)13-3-4-13)19(24)21(2)17-14-6-11-5-12(8-14)9-15(17)7-11/h10-17,22H,3-9H2,1-2H3,(H,20,23). The fourth-order valence-corrected chi connectivity index (χ4v) is 5.90. The van der Waals surface area contributed by atoms with Gasteiger partial charge in [-0.2, -0.15) is 0 Å². The SMILES string of the molecule is CC(O)C(NC(=O)C1CC1)C(=O)N(C)C1C2CC3CC(C2)CC1C3. The van der Waals surface area contributed by atoms with Gasteiger partial charge in [0.05, 0.1) is 6.10 Å². The number of nitrogens with one attached hydrogen (secondary N) is 1. The highest BCUT2D eigenvalue weighted by Gasteiger charge is 2.51. The third-order valence-corrected chi connectivity index (χ3v) is 6.97. The Hall–Kier alpha value is -1.10. The average molecular weight is 334 g/mol. The van der Waals surface area contributed by atoms with E-state index in [4.69, 9.17) is 0 Å². The maximum Gasteiger partial charge on any atom is 0.247 e. The van der Waals surface area contributed by atoms with Gasteiger partial charge in [-0.15, -0.1) is 0 Å². The van der Waals surface area contributed by atoms with Gasteiger partial charge >= 0.3 is 0 Å². The van der Waals surface area contributed by atoms with E-state index in [0.717, 1.165) is 24.7 Å². The molecule has 0 spiro atoms. The minimum Gasteiger partial charge on any atom is -0.391 e. The number of aliphatic hydroxyl groups excluding tert-OH is 1. The van der Waals surface area contributed by atoms with E-state index >= 15 is 0 Å². The van der Waals surface area contributed by atoms with Crippen LogP contribution in [0, 0.1) is 29.6 Å². The fraction of sp³-hybridized carbons (Fsp3) is 0.895. The molecule has 5 nitrogen and oxygen atoms in total. The number of likely N-dealkylation sites (N-methyl/N-ethyl adjacent to an activating group) is 1. The van der Waals surface area contributed by atoms with Crippen LogP contribution in [0.3, 0.4) is 0 Å². The van der Waals surface area contributed by atoms with Crippen molar-refractivity contribution in [1.82, 2.24) is 10.2 Å². The number of aliphatic hydroxyl groups is 1. The Morgan fingerprint density at radius 3 is 2.04 bits per heavy atom. The molecule has 0 saturated heterocycles. The van der Waals surface area contributed by atoms with Crippen molar-refractivity contribution in [2.24, 2.45) is 29.6 Å². The molecule has 0 aromatic heterocycles. The Morgan fingerprint density at radius 1 is 1.04 bits per heavy atom. The van der Waals surface area contributed by atoms with E-state index in [0.29, 0.717) is 17.9 Å². The number of carbonyl (C=O) groups is 2. The van der Waals surface area contributed by atoms with Gasteiger partial charge in [0.1, 0.15) is 6.04 Å². The van der Waals surface area contributed by atoms with Gasteiger partial charge in [0, 0.05) is 19.0 Å². The van der Waals surface area contributed by atoms with Crippen molar-refractivity contribution in [1.29, 1.82) is 0 Å². The molecule has 0 aromatic carbocycles. The van der Waals surface area contributed by atoms with Gasteiger partial charge in [0.2, 0.25) is 11.8 Å². The lowest BCUT2D eigenvalue weighted by atomic mass is 9.54. The van der Waals surface area contributed by atoms with E-state index in [2.05, 4.69) is 5.32 Å². The minimum absolute atomic E-state index is 0.0468. The third-order valence-electron chi connectivity index (χ3n) is 6.97. The van der Waals surface area contributed by atoms with Gasteiger partial charge in [0.15, 0.2) is 0 Å². The van der Waals surface area contributed by atoms with E-state index in [1.165, 1.54) is 32.1 Å². The first-order valence-corrected chi connectivity index (χ1v) is 9.69. The maximum absolute atomic E-state index is 13.0. The van der Waals surface area contributed by atoms with Crippen LogP contribution in [0.25, 0.3) is 0 Å². The Bertz CT molecular complexity index is 501. The molecule has 24 heavy (non-hydrogen) atoms. The van der Waals surface area contributed by atoms with Crippen molar-refractivity contribution in [2.45, 2.75) is 70.1 Å². The summed E-state index contributed by atoms with van der Waals surface area (Å²) in [6.07, 6.45) is 7.35. The molecule has 5 fully saturated rings. The van der Waals surface area contributed by atoms with E-state index in [9.17, 15) is 14.7 Å². The second-order valence-electron chi connectivity index (χ2n) is 8.87. The first kappa shape index (κ1) is 16.4. The zero-order chi connectivity index (χ0) is 17.0. The number of nitrogens with zero attached hydrogens (tertiary/aromatic N) is 1. The van der Waals surface area contributed by atoms with Crippen LogP contribution >= 0.6 is 0 Å². The molecular weight excluding hydrogens is 304 g/mol. The Morgan fingerprint density at radius 2 is 1.58 bits per heavy atom. The van der Waals surface area contributed by atoms with E-state index < -0.39 is 12.1 Å². The van der Waals surface area contributed by atoms with Crippen molar-refractivity contribution >= 4 is 11.8 Å². The molecule has 0 radical (unpaired) electrons. The molecule has 2 unspecified atom stereocenters. The van der Waals surface area contributed by atoms with Crippen molar-refractivity contribution in [3.05, 3.63) is 0 Å². The van der Waals surface area contributed by atoms with Crippen LogP contribution in [-0.2, 0) is 9.59 Å². The molecule has 5 rings (SSSR count). The fourth-order valence-electron chi connectivity index (χ4n) is 5.90. The van der Waals surface area contributed by atoms with Gasteiger partial charge in [-0.25, -0.2) is 0 Å². The topological polar surface area (TPSA) is 69.6 Å². The summed E-state index contributed by atoms with van der Waals surface area (Å²) >= 11 is 0. The first-order valence-electron chi connectivity index (χ1n) is 9.69. The monoisotopic (exact) mass is 334 g/mol. The molecule has 5 heteroatoms. The molecule has 0 aromatic rings. The Labute approximate surface area is 144 Å². The smallest absolute Gasteiger partial charge is 0.247 e. The van der Waals surface area contributed by atoms with Gasteiger partial charge < -0.3 is 15.3 Å². The second-order valence-corrected chi connectivity index (χ2v) is 8.87. The van der Waals surface area contributed by atoms with Crippen LogP contribution in [0.4, 0.5) is 0 Å². The number of hydrogen-bond donors (Lipinski definition) is 2. The summed E-state index contributed by atoms with van der Waals surface area (Å²) in [6.45, 7) is 1.60. The maximum atomic E-state index is 13.0. The van der Waals surface area contributed by atoms with E-state index in [-0.39, 0.29) is 17.7 Å². The van der Waals surface area contributed by atoms with Crippen molar-refractivity contribution < 1.29 is 14.7 Å². The first-order chi connectivity index (χ1) is 11.4. The second kappa shape index (κ2) is 6.01. The van der Waals surface area contributed by atoms with E-state index in [1.807, 2.05) is 11.9 Å². The van der Waals surface area contributed by atoms with Crippen LogP contribution in [0.2, 0.25) is 0 Å². The van der Waals surface area contributed by atoms with Crippen LogP contribution in [0.5, 0.6) is 0 Å². The van der Waals surface area contributed by atoms with Crippen LogP contribution < -0.4 is 5.32 Å². The molecule has 5 saturated carbocycles. The number of carbonyl (C=O) groups excluding carboxylic acids is 2. The number of rotatable bonds is 5. The van der Waals surface area contributed by atoms with Crippen molar-refractivity contribution in [3.63, 3.8) is 0 Å². The summed E-state index contributed by atoms with van der Waals surface area (Å²) in [5.41, 5.74) is 0. The zero-order valence-electron chi connectivity index (χ0n) is 14.8. The van der Waals surface area contributed by atoms with Crippen molar-refractivity contribution in [3.8, 4) is 0 Å². The highest BCUT2D eigenvalue weighted by molar-refractivity contribution is 5.89. The van der Waals surface area contributed by atoms with Crippen LogP contribution in [-0.4, -0.2) is 47.1 Å². The molecule has 2 amide bonds. The molecule has 0 aliphatic heterocycles. The highest BCUT2D eigenvalue weighted by atomic mass is 16.3. The van der Waals surface area contributed by atoms with Crippen molar-refractivity contribution in [2.75, 3.05) is 7.05 Å². The summed E-state index contributed by atoms with van der Waals surface area (Å²) in [4.78, 5) is 27.0. The third kappa shape index (κ3) is 2.85. The Balaban J connectivity index is 1.46. The number of amides is 2. The Kier molecular flexibility index (Phi) is 4.10. The summed E-state index contributed by atoms with van der Waals surface area (Å²) < 4.78 is 0. The molecular formula is C19H30N2O3. The molecule has 5 aliphatic carbocycles. The van der Waals surface area contributed by atoms with Gasteiger partial charge in [-0.3, -0.25) is 9.59 Å². The van der Waals surface area contributed by atoms with Gasteiger partial charge in [-0.1, -0.05) is 0 Å². The minimum atomic E-state index is -0.862. The summed E-state index contributed by atoms with van der Waals surface area (Å²) in [7, 11) is 1.88. The molecule has 2 N–H and O–H groups in total. The lowest BCUT2D eigenvalue weighted by Crippen LogP contribution is -2.61. The summed E-state index contributed by atoms with van der Waals surface area (Å²) in [6, 6.07) is -0.510. The quantitative estimate of drug-likeness (QED) is 0.801. The molecule has 134 valence electrons.